The van der Waals surface area contributed by atoms with Gasteiger partial charge in [-0.1, -0.05) is 20.8 Å². The van der Waals surface area contributed by atoms with E-state index in [2.05, 4.69) is 31.4 Å². The van der Waals surface area contributed by atoms with Gasteiger partial charge in [-0.05, 0) is 50.9 Å². The van der Waals surface area contributed by atoms with Gasteiger partial charge in [-0.3, -0.25) is 4.79 Å². The maximum absolute atomic E-state index is 11.7. The first kappa shape index (κ1) is 16.5. The first-order valence-corrected chi connectivity index (χ1v) is 7.62. The molecule has 0 saturated heterocycles. The second-order valence-corrected chi connectivity index (χ2v) is 7.76. The van der Waals surface area contributed by atoms with Crippen LogP contribution in [0.3, 0.4) is 0 Å². The van der Waals surface area contributed by atoms with Crippen LogP contribution in [-0.2, 0) is 4.79 Å². The van der Waals surface area contributed by atoms with Crippen LogP contribution in [0.2, 0.25) is 0 Å². The van der Waals surface area contributed by atoms with Crippen molar-refractivity contribution in [3.63, 3.8) is 0 Å². The maximum atomic E-state index is 11.7. The van der Waals surface area contributed by atoms with Crippen LogP contribution in [0.15, 0.2) is 0 Å². The van der Waals surface area contributed by atoms with E-state index in [-0.39, 0.29) is 11.3 Å². The lowest BCUT2D eigenvalue weighted by atomic mass is 9.71. The molecule has 1 aliphatic rings. The van der Waals surface area contributed by atoms with Crippen molar-refractivity contribution in [2.24, 2.45) is 16.7 Å². The van der Waals surface area contributed by atoms with Crippen LogP contribution in [0.4, 0.5) is 0 Å². The van der Waals surface area contributed by atoms with Crippen molar-refractivity contribution < 1.29 is 4.79 Å². The van der Waals surface area contributed by atoms with Crippen LogP contribution in [0.1, 0.15) is 60.3 Å². The van der Waals surface area contributed by atoms with Crippen molar-refractivity contribution in [1.82, 2.24) is 10.6 Å². The average molecular weight is 268 g/mol. The van der Waals surface area contributed by atoms with E-state index in [1.54, 1.807) is 7.05 Å². The molecule has 1 fully saturated rings. The number of nitrogens with one attached hydrogen (secondary N) is 2. The van der Waals surface area contributed by atoms with Crippen molar-refractivity contribution in [3.05, 3.63) is 0 Å². The zero-order valence-electron chi connectivity index (χ0n) is 13.6. The van der Waals surface area contributed by atoms with E-state index in [1.807, 2.05) is 13.8 Å². The molecule has 0 aromatic heterocycles. The van der Waals surface area contributed by atoms with Gasteiger partial charge in [0.25, 0.3) is 0 Å². The minimum atomic E-state index is -0.324. The van der Waals surface area contributed by atoms with E-state index in [0.717, 1.165) is 12.5 Å². The first-order chi connectivity index (χ1) is 8.66. The van der Waals surface area contributed by atoms with E-state index in [0.29, 0.717) is 11.5 Å². The third-order valence-corrected chi connectivity index (χ3v) is 4.63. The number of hydrogen-bond acceptors (Lipinski definition) is 2. The highest BCUT2D eigenvalue weighted by Crippen LogP contribution is 2.37. The van der Waals surface area contributed by atoms with Crippen molar-refractivity contribution in [2.75, 3.05) is 13.6 Å². The summed E-state index contributed by atoms with van der Waals surface area (Å²) in [6.07, 6.45) is 5.10. The van der Waals surface area contributed by atoms with Crippen LogP contribution in [0.25, 0.3) is 0 Å². The van der Waals surface area contributed by atoms with E-state index in [1.165, 1.54) is 25.7 Å². The monoisotopic (exact) mass is 268 g/mol. The quantitative estimate of drug-likeness (QED) is 0.823. The molecule has 0 heterocycles. The van der Waals surface area contributed by atoms with E-state index >= 15 is 0 Å². The Morgan fingerprint density at radius 1 is 1.05 bits per heavy atom. The summed E-state index contributed by atoms with van der Waals surface area (Å²) < 4.78 is 0. The van der Waals surface area contributed by atoms with Crippen molar-refractivity contribution >= 4 is 5.91 Å². The average Bonchev–Trinajstić information content (AvgIpc) is 2.35. The summed E-state index contributed by atoms with van der Waals surface area (Å²) in [4.78, 5) is 11.7. The molecule has 0 spiro atoms. The molecular weight excluding hydrogens is 236 g/mol. The first-order valence-electron chi connectivity index (χ1n) is 7.62. The summed E-state index contributed by atoms with van der Waals surface area (Å²) in [6.45, 7) is 11.8. The lowest BCUT2D eigenvalue weighted by molar-refractivity contribution is -0.128. The molecule has 0 bridgehead atoms. The van der Waals surface area contributed by atoms with E-state index in [9.17, 15) is 4.79 Å². The molecule has 0 aliphatic heterocycles. The van der Waals surface area contributed by atoms with Crippen molar-refractivity contribution in [2.45, 2.75) is 66.3 Å². The fourth-order valence-corrected chi connectivity index (χ4v) is 2.98. The molecule has 112 valence electrons. The highest BCUT2D eigenvalue weighted by Gasteiger charge is 2.31. The summed E-state index contributed by atoms with van der Waals surface area (Å²) >= 11 is 0. The predicted molar refractivity (Wildman–Crippen MR) is 81.1 cm³/mol. The molecule has 3 heteroatoms. The Hall–Kier alpha value is -0.570. The molecule has 0 aromatic carbocycles. The molecule has 19 heavy (non-hydrogen) atoms. The fourth-order valence-electron chi connectivity index (χ4n) is 2.98. The third-order valence-electron chi connectivity index (χ3n) is 4.63. The molecule has 1 amide bonds. The Kier molecular flexibility index (Phi) is 5.43. The van der Waals surface area contributed by atoms with E-state index in [4.69, 9.17) is 0 Å². The van der Waals surface area contributed by atoms with Crippen molar-refractivity contribution in [3.8, 4) is 0 Å². The Morgan fingerprint density at radius 3 is 2.00 bits per heavy atom. The van der Waals surface area contributed by atoms with Gasteiger partial charge in [-0.2, -0.15) is 0 Å². The molecule has 1 saturated carbocycles. The summed E-state index contributed by atoms with van der Waals surface area (Å²) in [7, 11) is 1.71. The fraction of sp³-hybridized carbons (Fsp3) is 0.938. The third kappa shape index (κ3) is 4.79. The van der Waals surface area contributed by atoms with Gasteiger partial charge in [0.2, 0.25) is 5.91 Å². The second kappa shape index (κ2) is 6.25. The minimum absolute atomic E-state index is 0.114. The molecular formula is C16H32N2O. The molecule has 0 aromatic rings. The molecule has 0 atom stereocenters. The van der Waals surface area contributed by atoms with Gasteiger partial charge in [-0.25, -0.2) is 0 Å². The molecule has 0 radical (unpaired) electrons. The second-order valence-electron chi connectivity index (χ2n) is 7.76. The lowest BCUT2D eigenvalue weighted by Gasteiger charge is -2.38. The number of carbonyl (C=O) groups is 1. The summed E-state index contributed by atoms with van der Waals surface area (Å²) in [5.74, 6) is 0.959. The lowest BCUT2D eigenvalue weighted by Crippen LogP contribution is -2.46. The molecule has 0 unspecified atom stereocenters. The highest BCUT2D eigenvalue weighted by atomic mass is 16.2. The predicted octanol–water partition coefficient (Wildman–Crippen LogP) is 2.95. The highest BCUT2D eigenvalue weighted by molar-refractivity contribution is 5.81. The Labute approximate surface area is 118 Å². The summed E-state index contributed by atoms with van der Waals surface area (Å²) in [5.41, 5.74) is 0.113. The zero-order valence-corrected chi connectivity index (χ0v) is 13.6. The number of hydrogen-bond donors (Lipinski definition) is 2. The van der Waals surface area contributed by atoms with Gasteiger partial charge in [0, 0.05) is 19.6 Å². The van der Waals surface area contributed by atoms with Gasteiger partial charge in [0.15, 0.2) is 0 Å². The van der Waals surface area contributed by atoms with Gasteiger partial charge in [-0.15, -0.1) is 0 Å². The summed E-state index contributed by atoms with van der Waals surface area (Å²) in [5, 5.41) is 6.33. The van der Waals surface area contributed by atoms with Gasteiger partial charge in [0.05, 0.1) is 5.41 Å². The number of amides is 1. The minimum Gasteiger partial charge on any atom is -0.359 e. The van der Waals surface area contributed by atoms with Gasteiger partial charge in [0.1, 0.15) is 0 Å². The Morgan fingerprint density at radius 2 is 1.58 bits per heavy atom. The molecule has 2 N–H and O–H groups in total. The number of rotatable bonds is 4. The molecule has 1 aliphatic carbocycles. The zero-order chi connectivity index (χ0) is 14.7. The van der Waals surface area contributed by atoms with Crippen LogP contribution in [-0.4, -0.2) is 25.5 Å². The maximum Gasteiger partial charge on any atom is 0.226 e. The number of carbonyl (C=O) groups excluding carboxylic acids is 1. The smallest absolute Gasteiger partial charge is 0.226 e. The molecule has 1 rings (SSSR count). The van der Waals surface area contributed by atoms with Crippen LogP contribution >= 0.6 is 0 Å². The van der Waals surface area contributed by atoms with Crippen LogP contribution in [0.5, 0.6) is 0 Å². The van der Waals surface area contributed by atoms with Crippen molar-refractivity contribution in [1.29, 1.82) is 0 Å². The normalized spacial score (nSPS) is 25.2. The van der Waals surface area contributed by atoms with Gasteiger partial charge < -0.3 is 10.6 Å². The van der Waals surface area contributed by atoms with Crippen LogP contribution in [0, 0.1) is 16.7 Å². The largest absolute Gasteiger partial charge is 0.359 e. The van der Waals surface area contributed by atoms with E-state index < -0.39 is 0 Å². The Balaban J connectivity index is 2.36. The Bertz CT molecular complexity index is 296. The SMILES string of the molecule is CNC(=O)C(C)(C)CNC1CCC(C(C)(C)C)CC1. The topological polar surface area (TPSA) is 41.1 Å². The molecule has 3 nitrogen and oxygen atoms in total. The van der Waals surface area contributed by atoms with Crippen LogP contribution < -0.4 is 10.6 Å². The standard InChI is InChI=1S/C16H32N2O/c1-15(2,3)12-7-9-13(10-8-12)18-11-16(4,5)14(19)17-6/h12-13,18H,7-11H2,1-6H3,(H,17,19). The van der Waals surface area contributed by atoms with Gasteiger partial charge >= 0.3 is 0 Å². The summed E-state index contributed by atoms with van der Waals surface area (Å²) in [6, 6.07) is 0.586.